The Morgan fingerprint density at radius 3 is 2.65 bits per heavy atom. The third-order valence-electron chi connectivity index (χ3n) is 4.72. The molecule has 7 nitrogen and oxygen atoms in total. The molecule has 1 atom stereocenters. The highest BCUT2D eigenvalue weighted by Crippen LogP contribution is 2.23. The van der Waals surface area contributed by atoms with Crippen molar-refractivity contribution in [3.63, 3.8) is 0 Å². The first-order valence-electron chi connectivity index (χ1n) is 8.33. The summed E-state index contributed by atoms with van der Waals surface area (Å²) in [6.45, 7) is 3.85. The lowest BCUT2D eigenvalue weighted by Crippen LogP contribution is -2.39. The largest absolute Gasteiger partial charge is 0.346 e. The van der Waals surface area contributed by atoms with E-state index in [2.05, 4.69) is 9.97 Å². The Hall–Kier alpha value is -2.48. The smallest absolute Gasteiger partial charge is 0.336 e. The molecule has 1 aromatic heterocycles. The van der Waals surface area contributed by atoms with E-state index >= 15 is 0 Å². The summed E-state index contributed by atoms with van der Waals surface area (Å²) >= 11 is 0. The molecule has 138 valence electrons. The maximum absolute atomic E-state index is 12.8. The molecule has 1 unspecified atom stereocenters. The molecule has 1 saturated heterocycles. The summed E-state index contributed by atoms with van der Waals surface area (Å²) in [4.78, 5) is 32.6. The topological polar surface area (TPSA) is 100 Å². The minimum Gasteiger partial charge on any atom is -0.336 e. The third-order valence-corrected chi connectivity index (χ3v) is 6.47. The summed E-state index contributed by atoms with van der Waals surface area (Å²) in [6, 6.07) is 6.98. The number of nitrogens with one attached hydrogen (secondary N) is 1. The van der Waals surface area contributed by atoms with Crippen molar-refractivity contribution < 1.29 is 13.2 Å². The molecule has 1 amide bonds. The van der Waals surface area contributed by atoms with Crippen molar-refractivity contribution in [2.24, 2.45) is 0 Å². The van der Waals surface area contributed by atoms with Crippen LogP contribution in [0.1, 0.15) is 28.0 Å². The monoisotopic (exact) mass is 375 g/mol. The van der Waals surface area contributed by atoms with Gasteiger partial charge in [0.2, 0.25) is 0 Å². The van der Waals surface area contributed by atoms with E-state index in [-0.39, 0.29) is 23.2 Å². The highest BCUT2D eigenvalue weighted by Gasteiger charge is 2.33. The summed E-state index contributed by atoms with van der Waals surface area (Å²) in [6.07, 6.45) is 0.406. The number of hydrogen-bond donors (Lipinski definition) is 1. The normalized spacial score (nSPS) is 18.7. The Kier molecular flexibility index (Phi) is 4.70. The quantitative estimate of drug-likeness (QED) is 0.872. The number of nitrogens with zero attached hydrogens (tertiary/aromatic N) is 2. The maximum atomic E-state index is 12.8. The molecule has 0 aliphatic carbocycles. The number of carbonyl (C=O) groups excluding carboxylic acids is 1. The van der Waals surface area contributed by atoms with E-state index in [9.17, 15) is 18.0 Å². The summed E-state index contributed by atoms with van der Waals surface area (Å²) in [5.41, 5.74) is 2.67. The molecule has 3 rings (SSSR count). The molecule has 1 N–H and O–H groups in total. The summed E-state index contributed by atoms with van der Waals surface area (Å²) in [5.74, 6) is -0.386. The lowest BCUT2D eigenvalue weighted by Gasteiger charge is -2.23. The number of H-pyrrole nitrogens is 1. The fourth-order valence-corrected chi connectivity index (χ4v) is 4.93. The van der Waals surface area contributed by atoms with Crippen LogP contribution < -0.4 is 5.69 Å². The van der Waals surface area contributed by atoms with Crippen molar-refractivity contribution in [1.82, 2.24) is 14.9 Å². The van der Waals surface area contributed by atoms with Gasteiger partial charge in [-0.05, 0) is 38.0 Å². The van der Waals surface area contributed by atoms with E-state index in [1.165, 1.54) is 4.90 Å². The second kappa shape index (κ2) is 6.68. The van der Waals surface area contributed by atoms with Crippen LogP contribution >= 0.6 is 0 Å². The Morgan fingerprint density at radius 1 is 1.27 bits per heavy atom. The standard InChI is InChI=1S/C18H21N3O4S/c1-11-4-5-12(2)14(8-11)15-9-16(20-18(23)19-15)17(22)21(3)13-6-7-26(24,25)10-13/h4-5,8-9,13H,6-7,10H2,1-3H3,(H,19,20,23). The first-order chi connectivity index (χ1) is 12.2. The van der Waals surface area contributed by atoms with Gasteiger partial charge in [-0.15, -0.1) is 0 Å². The number of aromatic amines is 1. The van der Waals surface area contributed by atoms with Crippen LogP contribution in [0.2, 0.25) is 0 Å². The summed E-state index contributed by atoms with van der Waals surface area (Å²) < 4.78 is 23.3. The molecule has 0 spiro atoms. The first kappa shape index (κ1) is 18.3. The number of aromatic nitrogens is 2. The zero-order valence-corrected chi connectivity index (χ0v) is 15.8. The van der Waals surface area contributed by atoms with E-state index in [0.29, 0.717) is 12.1 Å². The van der Waals surface area contributed by atoms with Gasteiger partial charge in [0.05, 0.1) is 17.2 Å². The van der Waals surface area contributed by atoms with E-state index in [1.54, 1.807) is 13.1 Å². The summed E-state index contributed by atoms with van der Waals surface area (Å²) in [5, 5.41) is 0. The molecule has 8 heteroatoms. The van der Waals surface area contributed by atoms with E-state index in [0.717, 1.165) is 16.7 Å². The lowest BCUT2D eigenvalue weighted by molar-refractivity contribution is 0.0741. The van der Waals surface area contributed by atoms with Crippen molar-refractivity contribution in [1.29, 1.82) is 0 Å². The molecule has 1 aromatic carbocycles. The van der Waals surface area contributed by atoms with Gasteiger partial charge < -0.3 is 9.88 Å². The van der Waals surface area contributed by atoms with Gasteiger partial charge in [0.15, 0.2) is 9.84 Å². The molecule has 2 aromatic rings. The minimum atomic E-state index is -3.10. The van der Waals surface area contributed by atoms with Crippen molar-refractivity contribution in [3.05, 3.63) is 51.6 Å². The van der Waals surface area contributed by atoms with Crippen LogP contribution in [-0.2, 0) is 9.84 Å². The molecule has 0 radical (unpaired) electrons. The molecule has 0 bridgehead atoms. The maximum Gasteiger partial charge on any atom is 0.346 e. The molecule has 1 aliphatic heterocycles. The molecule has 0 saturated carbocycles. The van der Waals surface area contributed by atoms with Crippen LogP contribution in [0.25, 0.3) is 11.3 Å². The van der Waals surface area contributed by atoms with Crippen LogP contribution in [-0.4, -0.2) is 53.8 Å². The Morgan fingerprint density at radius 2 is 2.00 bits per heavy atom. The average molecular weight is 375 g/mol. The minimum absolute atomic E-state index is 0.0472. The number of carbonyl (C=O) groups is 1. The molecule has 26 heavy (non-hydrogen) atoms. The second-order valence-electron chi connectivity index (χ2n) is 6.78. The lowest BCUT2D eigenvalue weighted by atomic mass is 10.0. The van der Waals surface area contributed by atoms with Crippen LogP contribution in [0.15, 0.2) is 29.1 Å². The molecule has 1 aliphatic rings. The molecule has 2 heterocycles. The number of benzene rings is 1. The van der Waals surface area contributed by atoms with Crippen LogP contribution in [0.4, 0.5) is 0 Å². The van der Waals surface area contributed by atoms with Crippen LogP contribution in [0, 0.1) is 13.8 Å². The van der Waals surface area contributed by atoms with E-state index in [4.69, 9.17) is 0 Å². The number of amides is 1. The number of rotatable bonds is 3. The number of hydrogen-bond acceptors (Lipinski definition) is 5. The van der Waals surface area contributed by atoms with Crippen LogP contribution in [0.5, 0.6) is 0 Å². The van der Waals surface area contributed by atoms with Gasteiger partial charge in [0.1, 0.15) is 5.69 Å². The Balaban J connectivity index is 1.96. The Bertz CT molecular complexity index is 1030. The zero-order chi connectivity index (χ0) is 19.1. The van der Waals surface area contributed by atoms with Gasteiger partial charge in [0, 0.05) is 18.7 Å². The van der Waals surface area contributed by atoms with Gasteiger partial charge in [-0.2, -0.15) is 4.98 Å². The number of sulfone groups is 1. The van der Waals surface area contributed by atoms with Crippen molar-refractivity contribution in [3.8, 4) is 11.3 Å². The van der Waals surface area contributed by atoms with Crippen molar-refractivity contribution in [2.75, 3.05) is 18.6 Å². The van der Waals surface area contributed by atoms with Gasteiger partial charge >= 0.3 is 5.69 Å². The van der Waals surface area contributed by atoms with Gasteiger partial charge in [-0.25, -0.2) is 13.2 Å². The molecule has 1 fully saturated rings. The fraction of sp³-hybridized carbons (Fsp3) is 0.389. The predicted molar refractivity (Wildman–Crippen MR) is 98.9 cm³/mol. The summed E-state index contributed by atoms with van der Waals surface area (Å²) in [7, 11) is -1.54. The van der Waals surface area contributed by atoms with Gasteiger partial charge in [0.25, 0.3) is 5.91 Å². The van der Waals surface area contributed by atoms with Crippen molar-refractivity contribution in [2.45, 2.75) is 26.3 Å². The second-order valence-corrected chi connectivity index (χ2v) is 9.01. The zero-order valence-electron chi connectivity index (χ0n) is 14.9. The number of aryl methyl sites for hydroxylation is 2. The van der Waals surface area contributed by atoms with Gasteiger partial charge in [-0.3, -0.25) is 4.79 Å². The molecular formula is C18H21N3O4S. The highest BCUT2D eigenvalue weighted by atomic mass is 32.2. The SMILES string of the molecule is Cc1ccc(C)c(-c2cc(C(=O)N(C)C3CCS(=O)(=O)C3)[nH]c(=O)n2)c1. The van der Waals surface area contributed by atoms with Crippen molar-refractivity contribution >= 4 is 15.7 Å². The molecular weight excluding hydrogens is 354 g/mol. The Labute approximate surface area is 152 Å². The first-order valence-corrected chi connectivity index (χ1v) is 10.1. The van der Waals surface area contributed by atoms with E-state index < -0.39 is 21.4 Å². The highest BCUT2D eigenvalue weighted by molar-refractivity contribution is 7.91. The van der Waals surface area contributed by atoms with E-state index in [1.807, 2.05) is 32.0 Å². The van der Waals surface area contributed by atoms with Gasteiger partial charge in [-0.1, -0.05) is 17.7 Å². The van der Waals surface area contributed by atoms with Crippen LogP contribution in [0.3, 0.4) is 0 Å². The fourth-order valence-electron chi connectivity index (χ4n) is 3.16. The third kappa shape index (κ3) is 3.70. The average Bonchev–Trinajstić information content (AvgIpc) is 2.95. The predicted octanol–water partition coefficient (Wildman–Crippen LogP) is 1.31.